The minimum absolute atomic E-state index is 0.159. The third-order valence-electron chi connectivity index (χ3n) is 5.76. The van der Waals surface area contributed by atoms with E-state index in [1.807, 2.05) is 37.3 Å². The summed E-state index contributed by atoms with van der Waals surface area (Å²) in [6.45, 7) is 9.35. The summed E-state index contributed by atoms with van der Waals surface area (Å²) >= 11 is 0. The Hall–Kier alpha value is -2.36. The van der Waals surface area contributed by atoms with E-state index in [1.54, 1.807) is 0 Å². The van der Waals surface area contributed by atoms with E-state index in [1.165, 1.54) is 28.5 Å². The fourth-order valence-corrected chi connectivity index (χ4v) is 3.73. The van der Waals surface area contributed by atoms with E-state index in [0.29, 0.717) is 5.31 Å². The molecule has 1 aliphatic heterocycles. The zero-order valence-corrected chi connectivity index (χ0v) is 17.9. The first-order chi connectivity index (χ1) is 14.0. The van der Waals surface area contributed by atoms with Gasteiger partial charge in [0.1, 0.15) is 0 Å². The Morgan fingerprint density at radius 2 is 1.41 bits per heavy atom. The van der Waals surface area contributed by atoms with Crippen LogP contribution in [0.3, 0.4) is 0 Å². The second-order valence-corrected chi connectivity index (χ2v) is 8.73. The van der Waals surface area contributed by atoms with Crippen LogP contribution in [0.15, 0.2) is 84.9 Å². The molecule has 0 saturated carbocycles. The zero-order valence-electron chi connectivity index (χ0n) is 17.9. The number of nitrogens with one attached hydrogen (secondary N) is 1. The molecule has 0 spiro atoms. The van der Waals surface area contributed by atoms with Gasteiger partial charge in [-0.25, -0.2) is 0 Å². The summed E-state index contributed by atoms with van der Waals surface area (Å²) < 4.78 is 0. The Balaban J connectivity index is 0.000000224. The standard InChI is InChI=1S/C18H22BN.C8H11N/c1-18(2)14-19(18)17-11-7-6-10-16(17)13-20-12-15-8-4-3-5-9-15;1-7(9)8-5-3-2-4-6-8/h3-11,20H,12-14H2,1-2H3;2-7H,9H2,1H3. The van der Waals surface area contributed by atoms with Crippen molar-refractivity contribution in [2.75, 3.05) is 0 Å². The van der Waals surface area contributed by atoms with Crippen molar-refractivity contribution >= 4 is 12.2 Å². The van der Waals surface area contributed by atoms with Gasteiger partial charge in [0.15, 0.2) is 6.71 Å². The van der Waals surface area contributed by atoms with Crippen LogP contribution in [0.4, 0.5) is 0 Å². The molecule has 0 aliphatic carbocycles. The maximum Gasteiger partial charge on any atom is 0.181 e. The summed E-state index contributed by atoms with van der Waals surface area (Å²) in [5.74, 6) is 0. The molecule has 4 rings (SSSR count). The highest BCUT2D eigenvalue weighted by atomic mass is 14.8. The molecule has 0 aromatic heterocycles. The van der Waals surface area contributed by atoms with Gasteiger partial charge in [-0.3, -0.25) is 0 Å². The van der Waals surface area contributed by atoms with Gasteiger partial charge in [0.05, 0.1) is 0 Å². The molecule has 1 saturated heterocycles. The van der Waals surface area contributed by atoms with Crippen molar-refractivity contribution in [2.24, 2.45) is 5.73 Å². The molecule has 1 heterocycles. The van der Waals surface area contributed by atoms with Crippen LogP contribution in [-0.2, 0) is 13.1 Å². The topological polar surface area (TPSA) is 38.0 Å². The summed E-state index contributed by atoms with van der Waals surface area (Å²) in [5.41, 5.74) is 11.1. The number of rotatable bonds is 6. The molecule has 150 valence electrons. The van der Waals surface area contributed by atoms with Gasteiger partial charge in [-0.05, 0) is 23.6 Å². The lowest BCUT2D eigenvalue weighted by Crippen LogP contribution is -2.26. The largest absolute Gasteiger partial charge is 0.324 e. The second-order valence-electron chi connectivity index (χ2n) is 8.73. The lowest BCUT2D eigenvalue weighted by molar-refractivity contribution is 0.695. The van der Waals surface area contributed by atoms with E-state index >= 15 is 0 Å². The third-order valence-corrected chi connectivity index (χ3v) is 5.76. The van der Waals surface area contributed by atoms with E-state index < -0.39 is 0 Å². The minimum Gasteiger partial charge on any atom is -0.324 e. The molecule has 3 N–H and O–H groups in total. The van der Waals surface area contributed by atoms with Gasteiger partial charge in [-0.2, -0.15) is 0 Å². The van der Waals surface area contributed by atoms with Gasteiger partial charge in [-0.1, -0.05) is 116 Å². The van der Waals surface area contributed by atoms with Crippen molar-refractivity contribution in [1.29, 1.82) is 0 Å². The van der Waals surface area contributed by atoms with E-state index in [-0.39, 0.29) is 6.04 Å². The molecule has 3 heteroatoms. The van der Waals surface area contributed by atoms with Crippen LogP contribution in [0, 0.1) is 0 Å². The maximum atomic E-state index is 5.61. The first kappa shape index (κ1) is 21.4. The molecule has 2 nitrogen and oxygen atoms in total. The van der Waals surface area contributed by atoms with Gasteiger partial charge in [0, 0.05) is 19.1 Å². The second kappa shape index (κ2) is 9.91. The number of benzene rings is 3. The van der Waals surface area contributed by atoms with E-state index in [2.05, 4.69) is 73.8 Å². The van der Waals surface area contributed by atoms with Gasteiger partial charge in [0.25, 0.3) is 0 Å². The van der Waals surface area contributed by atoms with Gasteiger partial charge in [0.2, 0.25) is 0 Å². The van der Waals surface area contributed by atoms with E-state index in [4.69, 9.17) is 5.73 Å². The highest BCUT2D eigenvalue weighted by Crippen LogP contribution is 2.52. The number of nitrogens with two attached hydrogens (primary N) is 1. The third kappa shape index (κ3) is 6.32. The van der Waals surface area contributed by atoms with Crippen molar-refractivity contribution in [2.45, 2.75) is 51.5 Å². The Kier molecular flexibility index (Phi) is 7.30. The van der Waals surface area contributed by atoms with E-state index in [9.17, 15) is 0 Å². The van der Waals surface area contributed by atoms with Crippen molar-refractivity contribution < 1.29 is 0 Å². The monoisotopic (exact) mass is 384 g/mol. The Labute approximate surface area is 176 Å². The van der Waals surface area contributed by atoms with Crippen molar-refractivity contribution in [3.8, 4) is 0 Å². The molecule has 0 bridgehead atoms. The smallest absolute Gasteiger partial charge is 0.181 e. The fourth-order valence-electron chi connectivity index (χ4n) is 3.73. The predicted octanol–water partition coefficient (Wildman–Crippen LogP) is 5.18. The quantitative estimate of drug-likeness (QED) is 0.575. The molecule has 1 fully saturated rings. The first-order valence-corrected chi connectivity index (χ1v) is 10.6. The summed E-state index contributed by atoms with van der Waals surface area (Å²) in [5, 5.41) is 4.06. The van der Waals surface area contributed by atoms with Crippen LogP contribution >= 0.6 is 0 Å². The highest BCUT2D eigenvalue weighted by Gasteiger charge is 2.50. The molecule has 1 atom stereocenters. The lowest BCUT2D eigenvalue weighted by Gasteiger charge is -2.11. The Bertz CT molecular complexity index is 875. The van der Waals surface area contributed by atoms with Gasteiger partial charge >= 0.3 is 0 Å². The van der Waals surface area contributed by atoms with Gasteiger partial charge in [-0.15, -0.1) is 0 Å². The lowest BCUT2D eigenvalue weighted by atomic mass is 9.55. The summed E-state index contributed by atoms with van der Waals surface area (Å²) in [6, 6.07) is 29.7. The molecule has 1 unspecified atom stereocenters. The summed E-state index contributed by atoms with van der Waals surface area (Å²) in [6.07, 6.45) is 1.32. The van der Waals surface area contributed by atoms with Crippen LogP contribution in [0.25, 0.3) is 0 Å². The van der Waals surface area contributed by atoms with Crippen molar-refractivity contribution in [1.82, 2.24) is 5.32 Å². The van der Waals surface area contributed by atoms with Crippen LogP contribution in [0.2, 0.25) is 11.6 Å². The van der Waals surface area contributed by atoms with Crippen molar-refractivity contribution in [3.63, 3.8) is 0 Å². The fraction of sp³-hybridized carbons (Fsp3) is 0.308. The van der Waals surface area contributed by atoms with Crippen LogP contribution < -0.4 is 16.5 Å². The highest BCUT2D eigenvalue weighted by molar-refractivity contribution is 6.86. The predicted molar refractivity (Wildman–Crippen MR) is 127 cm³/mol. The molecule has 0 radical (unpaired) electrons. The molecular weight excluding hydrogens is 351 g/mol. The molecule has 3 aromatic carbocycles. The summed E-state index contributed by atoms with van der Waals surface area (Å²) in [7, 11) is 0. The SMILES string of the molecule is CC(N)c1ccccc1.CC1(C)CB1c1ccccc1CNCc1ccccc1. The molecule has 29 heavy (non-hydrogen) atoms. The average molecular weight is 384 g/mol. The van der Waals surface area contributed by atoms with E-state index in [0.717, 1.165) is 19.8 Å². The van der Waals surface area contributed by atoms with Crippen LogP contribution in [0.5, 0.6) is 0 Å². The summed E-state index contributed by atoms with van der Waals surface area (Å²) in [4.78, 5) is 0. The maximum absolute atomic E-state index is 5.61. The Morgan fingerprint density at radius 3 is 1.97 bits per heavy atom. The molecular formula is C26H33BN2. The van der Waals surface area contributed by atoms with Crippen molar-refractivity contribution in [3.05, 3.63) is 102 Å². The first-order valence-electron chi connectivity index (χ1n) is 10.6. The molecule has 1 aliphatic rings. The zero-order chi connectivity index (χ0) is 20.7. The van der Waals surface area contributed by atoms with Crippen LogP contribution in [0.1, 0.15) is 43.5 Å². The minimum atomic E-state index is 0.159. The average Bonchev–Trinajstić information content (AvgIpc) is 3.38. The molecule has 0 amide bonds. The Morgan fingerprint density at radius 1 is 0.862 bits per heavy atom. The number of hydrogen-bond acceptors (Lipinski definition) is 2. The molecule has 3 aromatic rings. The normalized spacial score (nSPS) is 15.2. The van der Waals surface area contributed by atoms with Gasteiger partial charge < -0.3 is 11.1 Å². The van der Waals surface area contributed by atoms with Crippen LogP contribution in [-0.4, -0.2) is 6.71 Å². The number of hydrogen-bond donors (Lipinski definition) is 2.